The number of pyridine rings is 2. The fourth-order valence-electron chi connectivity index (χ4n) is 4.82. The SMILES string of the molecule is CCC(c1ccc(OC(F)(F)F)cn1)C1(O)CCN(c2c(C#N)c(=O)n(C)c3sc(Cl)cc23)CC1. The van der Waals surface area contributed by atoms with Crippen LogP contribution in [0.1, 0.15) is 43.4 Å². The monoisotopic (exact) mass is 526 g/mol. The van der Waals surface area contributed by atoms with Crippen molar-refractivity contribution in [1.29, 1.82) is 5.26 Å². The van der Waals surface area contributed by atoms with E-state index in [9.17, 15) is 28.3 Å². The van der Waals surface area contributed by atoms with E-state index in [4.69, 9.17) is 11.6 Å². The second kappa shape index (κ2) is 9.33. The van der Waals surface area contributed by atoms with Gasteiger partial charge < -0.3 is 19.3 Å². The minimum Gasteiger partial charge on any atom is -0.404 e. The van der Waals surface area contributed by atoms with Crippen LogP contribution in [0.5, 0.6) is 5.75 Å². The van der Waals surface area contributed by atoms with Gasteiger partial charge in [-0.25, -0.2) is 0 Å². The van der Waals surface area contributed by atoms with Gasteiger partial charge in [0.25, 0.3) is 5.56 Å². The third-order valence-corrected chi connectivity index (χ3v) is 7.80. The number of thiophene rings is 1. The molecule has 12 heteroatoms. The fraction of sp³-hybridized carbons (Fsp3) is 0.435. The van der Waals surface area contributed by atoms with Crippen LogP contribution in [0.4, 0.5) is 18.9 Å². The van der Waals surface area contributed by atoms with Gasteiger partial charge >= 0.3 is 6.36 Å². The van der Waals surface area contributed by atoms with Gasteiger partial charge in [0.15, 0.2) is 0 Å². The molecule has 4 heterocycles. The Labute approximate surface area is 207 Å². The molecule has 1 atom stereocenters. The summed E-state index contributed by atoms with van der Waals surface area (Å²) in [6.07, 6.45) is -2.67. The van der Waals surface area contributed by atoms with Crippen LogP contribution >= 0.6 is 22.9 Å². The lowest BCUT2D eigenvalue weighted by molar-refractivity contribution is -0.274. The van der Waals surface area contributed by atoms with Crippen LogP contribution in [0.2, 0.25) is 4.34 Å². The number of hydrogen-bond donors (Lipinski definition) is 1. The Morgan fingerprint density at radius 2 is 2.06 bits per heavy atom. The average molecular weight is 527 g/mol. The zero-order chi connectivity index (χ0) is 25.5. The maximum absolute atomic E-state index is 12.8. The molecule has 1 aliphatic rings. The molecule has 1 aliphatic heterocycles. The highest BCUT2D eigenvalue weighted by atomic mass is 35.5. The molecule has 3 aromatic rings. The molecule has 0 spiro atoms. The van der Waals surface area contributed by atoms with Crippen LogP contribution in [0, 0.1) is 11.3 Å². The third-order valence-electron chi connectivity index (χ3n) is 6.46. The quantitative estimate of drug-likeness (QED) is 0.506. The van der Waals surface area contributed by atoms with Crippen molar-refractivity contribution in [3.63, 3.8) is 0 Å². The number of alkyl halides is 3. The maximum atomic E-state index is 12.8. The van der Waals surface area contributed by atoms with Gasteiger partial charge in [0.05, 0.1) is 21.8 Å². The number of ether oxygens (including phenoxy) is 1. The summed E-state index contributed by atoms with van der Waals surface area (Å²) < 4.78 is 43.2. The van der Waals surface area contributed by atoms with E-state index in [-0.39, 0.29) is 5.56 Å². The van der Waals surface area contributed by atoms with Gasteiger partial charge in [-0.1, -0.05) is 18.5 Å². The van der Waals surface area contributed by atoms with Gasteiger partial charge in [-0.2, -0.15) is 5.26 Å². The van der Waals surface area contributed by atoms with Gasteiger partial charge in [0, 0.05) is 37.1 Å². The van der Waals surface area contributed by atoms with E-state index >= 15 is 0 Å². The first kappa shape index (κ1) is 25.3. The van der Waals surface area contributed by atoms with Crippen molar-refractivity contribution in [1.82, 2.24) is 9.55 Å². The Kier molecular flexibility index (Phi) is 6.74. The number of aliphatic hydroxyl groups is 1. The maximum Gasteiger partial charge on any atom is 0.573 e. The molecule has 0 radical (unpaired) electrons. The highest BCUT2D eigenvalue weighted by molar-refractivity contribution is 7.22. The molecule has 0 aromatic carbocycles. The Bertz CT molecular complexity index is 1340. The summed E-state index contributed by atoms with van der Waals surface area (Å²) in [5.74, 6) is -0.842. The van der Waals surface area contributed by atoms with Crippen molar-refractivity contribution < 1.29 is 23.0 Å². The van der Waals surface area contributed by atoms with Gasteiger partial charge in [-0.15, -0.1) is 24.5 Å². The number of nitriles is 1. The fourth-order valence-corrected chi connectivity index (χ4v) is 5.99. The number of aromatic nitrogens is 2. The first-order valence-corrected chi connectivity index (χ1v) is 12.1. The number of fused-ring (bicyclic) bond motifs is 1. The molecule has 0 amide bonds. The van der Waals surface area contributed by atoms with E-state index in [1.165, 1.54) is 28.0 Å². The number of anilines is 1. The van der Waals surface area contributed by atoms with Crippen molar-refractivity contribution in [3.8, 4) is 11.8 Å². The van der Waals surface area contributed by atoms with E-state index in [1.807, 2.05) is 17.9 Å². The molecule has 0 saturated carbocycles. The highest BCUT2D eigenvalue weighted by Gasteiger charge is 2.41. The summed E-state index contributed by atoms with van der Waals surface area (Å²) in [5, 5.41) is 22.0. The van der Waals surface area contributed by atoms with Crippen molar-refractivity contribution >= 4 is 38.8 Å². The number of piperidine rings is 1. The molecule has 1 N–H and O–H groups in total. The number of aryl methyl sites for hydroxylation is 1. The Balaban J connectivity index is 1.60. The lowest BCUT2D eigenvalue weighted by Gasteiger charge is -2.43. The molecule has 0 aliphatic carbocycles. The van der Waals surface area contributed by atoms with Crippen LogP contribution in [-0.2, 0) is 7.05 Å². The number of hydrogen-bond acceptors (Lipinski definition) is 7. The Morgan fingerprint density at radius 1 is 1.37 bits per heavy atom. The van der Waals surface area contributed by atoms with Gasteiger partial charge in [0.2, 0.25) is 0 Å². The molecule has 186 valence electrons. The standard InChI is InChI=1S/C23H22ClF3N4O3S/c1-3-16(17-5-4-13(12-29-17)34-23(25,26)27)22(33)6-8-31(9-7-22)19-14-10-18(24)35-21(14)30(2)20(32)15(19)11-28/h4-5,10,12,16,33H,3,6-9H2,1-2H3. The molecule has 1 unspecified atom stereocenters. The van der Waals surface area contributed by atoms with Crippen molar-refractivity contribution in [2.45, 2.75) is 44.1 Å². The predicted molar refractivity (Wildman–Crippen MR) is 127 cm³/mol. The lowest BCUT2D eigenvalue weighted by Crippen LogP contribution is -2.48. The minimum absolute atomic E-state index is 0.0221. The predicted octanol–water partition coefficient (Wildman–Crippen LogP) is 4.94. The van der Waals surface area contributed by atoms with E-state index in [0.29, 0.717) is 58.3 Å². The molecule has 4 rings (SSSR count). The summed E-state index contributed by atoms with van der Waals surface area (Å²) in [7, 11) is 1.60. The summed E-state index contributed by atoms with van der Waals surface area (Å²) in [6.45, 7) is 2.61. The zero-order valence-corrected chi connectivity index (χ0v) is 20.5. The van der Waals surface area contributed by atoms with Crippen LogP contribution in [0.25, 0.3) is 10.2 Å². The second-order valence-electron chi connectivity index (χ2n) is 8.49. The number of nitrogens with zero attached hydrogens (tertiary/aromatic N) is 4. The zero-order valence-electron chi connectivity index (χ0n) is 18.9. The first-order chi connectivity index (χ1) is 16.5. The Morgan fingerprint density at radius 3 is 2.60 bits per heavy atom. The largest absolute Gasteiger partial charge is 0.573 e. The van der Waals surface area contributed by atoms with E-state index in [0.717, 1.165) is 6.20 Å². The molecule has 1 fully saturated rings. The lowest BCUT2D eigenvalue weighted by atomic mass is 9.76. The van der Waals surface area contributed by atoms with Crippen LogP contribution in [0.3, 0.4) is 0 Å². The van der Waals surface area contributed by atoms with Gasteiger partial charge in [-0.3, -0.25) is 9.78 Å². The van der Waals surface area contributed by atoms with E-state index in [1.54, 1.807) is 13.1 Å². The van der Waals surface area contributed by atoms with E-state index in [2.05, 4.69) is 9.72 Å². The summed E-state index contributed by atoms with van der Waals surface area (Å²) in [6, 6.07) is 6.39. The van der Waals surface area contributed by atoms with Crippen LogP contribution in [-0.4, -0.2) is 39.7 Å². The summed E-state index contributed by atoms with van der Waals surface area (Å²) in [4.78, 5) is 19.5. The third kappa shape index (κ3) is 4.83. The first-order valence-electron chi connectivity index (χ1n) is 10.9. The molecule has 0 bridgehead atoms. The smallest absolute Gasteiger partial charge is 0.404 e. The highest BCUT2D eigenvalue weighted by Crippen LogP contribution is 2.42. The van der Waals surface area contributed by atoms with Gasteiger partial charge in [-0.05, 0) is 37.5 Å². The Hall–Kier alpha value is -2.81. The van der Waals surface area contributed by atoms with Crippen molar-refractivity contribution in [2.24, 2.45) is 7.05 Å². The van der Waals surface area contributed by atoms with E-state index < -0.39 is 29.2 Å². The summed E-state index contributed by atoms with van der Waals surface area (Å²) in [5.41, 5.74) is -0.574. The molecule has 7 nitrogen and oxygen atoms in total. The number of rotatable bonds is 5. The topological polar surface area (TPSA) is 91.4 Å². The van der Waals surface area contributed by atoms with Crippen LogP contribution < -0.4 is 15.2 Å². The van der Waals surface area contributed by atoms with Gasteiger partial charge in [0.1, 0.15) is 22.2 Å². The molecule has 1 saturated heterocycles. The molecular weight excluding hydrogens is 505 g/mol. The minimum atomic E-state index is -4.81. The van der Waals surface area contributed by atoms with Crippen molar-refractivity contribution in [2.75, 3.05) is 18.0 Å². The molecule has 35 heavy (non-hydrogen) atoms. The van der Waals surface area contributed by atoms with Crippen LogP contribution in [0.15, 0.2) is 29.2 Å². The van der Waals surface area contributed by atoms with Crippen molar-refractivity contribution in [3.05, 3.63) is 50.3 Å². The second-order valence-corrected chi connectivity index (χ2v) is 10.1. The average Bonchev–Trinajstić information content (AvgIpc) is 3.19. The summed E-state index contributed by atoms with van der Waals surface area (Å²) >= 11 is 7.47. The molecule has 3 aromatic heterocycles. The molecular formula is C23H22ClF3N4O3S. The normalized spacial score (nSPS) is 16.8. The number of halogens is 4.